The van der Waals surface area contributed by atoms with Crippen LogP contribution in [0.5, 0.6) is 5.75 Å². The van der Waals surface area contributed by atoms with Crippen molar-refractivity contribution >= 4 is 32.8 Å². The monoisotopic (exact) mass is 552 g/mol. The Bertz CT molecular complexity index is 1240. The lowest BCUT2D eigenvalue weighted by molar-refractivity contribution is -1.05. The highest BCUT2D eigenvalue weighted by atomic mass is 79.9. The number of esters is 1. The molecule has 1 aromatic heterocycles. The molecule has 190 valence electrons. The summed E-state index contributed by atoms with van der Waals surface area (Å²) in [7, 11) is 3.11. The highest BCUT2D eigenvalue weighted by Gasteiger charge is 2.40. The smallest absolute Gasteiger partial charge is 0.339 e. The number of methoxy groups -OCH3 is 2. The van der Waals surface area contributed by atoms with E-state index in [2.05, 4.69) is 33.1 Å². The molecular formula is C29H35BrN3O3+. The van der Waals surface area contributed by atoms with E-state index in [9.17, 15) is 4.79 Å². The molecule has 0 unspecified atom stereocenters. The van der Waals surface area contributed by atoms with Gasteiger partial charge in [-0.1, -0.05) is 36.8 Å². The van der Waals surface area contributed by atoms with Crippen molar-refractivity contribution in [3.05, 3.63) is 58.1 Å². The SMILES string of the molecule is COC(=O)c1c(C[N+]2(N3CCCCC3)CCCCC2)c(-c2ccccc2)nc2c(Br)c(OC)ccc12. The van der Waals surface area contributed by atoms with E-state index in [-0.39, 0.29) is 5.97 Å². The number of aromatic nitrogens is 1. The number of hydrogen-bond acceptors (Lipinski definition) is 5. The van der Waals surface area contributed by atoms with E-state index in [0.717, 1.165) is 64.0 Å². The van der Waals surface area contributed by atoms with Crippen LogP contribution in [0.25, 0.3) is 22.2 Å². The topological polar surface area (TPSA) is 51.7 Å². The molecule has 2 saturated heterocycles. The lowest BCUT2D eigenvalue weighted by atomic mass is 9.94. The summed E-state index contributed by atoms with van der Waals surface area (Å²) in [4.78, 5) is 18.7. The molecule has 2 aliphatic heterocycles. The fourth-order valence-electron chi connectivity index (χ4n) is 6.04. The summed E-state index contributed by atoms with van der Waals surface area (Å²) in [6, 6.07) is 14.1. The molecule has 5 rings (SSSR count). The summed E-state index contributed by atoms with van der Waals surface area (Å²) in [6.45, 7) is 5.15. The van der Waals surface area contributed by atoms with Gasteiger partial charge in [-0.3, -0.25) is 0 Å². The second kappa shape index (κ2) is 10.9. The third-order valence-corrected chi connectivity index (χ3v) is 8.62. The molecule has 0 bridgehead atoms. The number of pyridine rings is 1. The minimum atomic E-state index is -0.319. The van der Waals surface area contributed by atoms with Crippen molar-refractivity contribution in [2.24, 2.45) is 0 Å². The highest BCUT2D eigenvalue weighted by molar-refractivity contribution is 9.10. The largest absolute Gasteiger partial charge is 0.495 e. The van der Waals surface area contributed by atoms with Gasteiger partial charge in [-0.15, -0.1) is 0 Å². The van der Waals surface area contributed by atoms with E-state index < -0.39 is 0 Å². The number of benzene rings is 2. The normalized spacial score (nSPS) is 18.2. The molecule has 36 heavy (non-hydrogen) atoms. The Morgan fingerprint density at radius 1 is 0.972 bits per heavy atom. The summed E-state index contributed by atoms with van der Waals surface area (Å²) in [5, 5.41) is 3.46. The molecule has 0 N–H and O–H groups in total. The Balaban J connectivity index is 1.78. The first-order chi connectivity index (χ1) is 17.6. The van der Waals surface area contributed by atoms with Crippen molar-refractivity contribution in [2.45, 2.75) is 45.1 Å². The van der Waals surface area contributed by atoms with E-state index in [1.165, 1.54) is 45.6 Å². The average Bonchev–Trinajstić information content (AvgIpc) is 2.94. The number of carbonyl (C=O) groups excluding carboxylic acids is 1. The second-order valence-electron chi connectivity index (χ2n) is 9.92. The minimum Gasteiger partial charge on any atom is -0.495 e. The van der Waals surface area contributed by atoms with Crippen molar-refractivity contribution < 1.29 is 18.9 Å². The molecule has 3 aromatic rings. The van der Waals surface area contributed by atoms with Crippen LogP contribution in [-0.4, -0.2) is 61.0 Å². The summed E-state index contributed by atoms with van der Waals surface area (Å²) >= 11 is 3.70. The first-order valence-electron chi connectivity index (χ1n) is 13.0. The van der Waals surface area contributed by atoms with Crippen LogP contribution in [0.15, 0.2) is 46.9 Å². The second-order valence-corrected chi connectivity index (χ2v) is 10.7. The third kappa shape index (κ3) is 4.64. The molecule has 0 amide bonds. The predicted molar refractivity (Wildman–Crippen MR) is 146 cm³/mol. The zero-order valence-corrected chi connectivity index (χ0v) is 22.8. The van der Waals surface area contributed by atoms with Crippen molar-refractivity contribution in [2.75, 3.05) is 40.4 Å². The zero-order chi connectivity index (χ0) is 25.1. The number of hydrogen-bond donors (Lipinski definition) is 0. The molecular weight excluding hydrogens is 518 g/mol. The standard InChI is InChI=1S/C29H35BrN3O3/c1-35-24-15-14-22-25(29(34)36-2)23(27(31-28(22)26(24)30)21-12-6-3-7-13-21)20-33(18-10-5-11-19-33)32-16-8-4-9-17-32/h3,6-7,12-15H,4-5,8-11,16-20H2,1-2H3/q+1. The van der Waals surface area contributed by atoms with Crippen molar-refractivity contribution in [1.29, 1.82) is 0 Å². The van der Waals surface area contributed by atoms with E-state index >= 15 is 0 Å². The molecule has 2 aliphatic rings. The maximum Gasteiger partial charge on any atom is 0.339 e. The Morgan fingerprint density at radius 2 is 1.67 bits per heavy atom. The molecule has 6 nitrogen and oxygen atoms in total. The van der Waals surface area contributed by atoms with Crippen LogP contribution in [0, 0.1) is 0 Å². The van der Waals surface area contributed by atoms with Gasteiger partial charge in [0.05, 0.1) is 48.6 Å². The zero-order valence-electron chi connectivity index (χ0n) is 21.3. The van der Waals surface area contributed by atoms with Gasteiger partial charge in [0.25, 0.3) is 0 Å². The van der Waals surface area contributed by atoms with Crippen LogP contribution < -0.4 is 4.74 Å². The molecule has 0 saturated carbocycles. The summed E-state index contributed by atoms with van der Waals surface area (Å²) in [5.74, 6) is 0.367. The van der Waals surface area contributed by atoms with E-state index in [0.29, 0.717) is 16.8 Å². The van der Waals surface area contributed by atoms with Gasteiger partial charge in [-0.2, -0.15) is 5.01 Å². The summed E-state index contributed by atoms with van der Waals surface area (Å²) < 4.78 is 12.6. The maximum absolute atomic E-state index is 13.5. The number of quaternary nitrogens is 1. The number of likely N-dealkylation sites (tertiary alicyclic amines) is 1. The lowest BCUT2D eigenvalue weighted by Crippen LogP contribution is -2.63. The third-order valence-electron chi connectivity index (χ3n) is 7.85. The number of ether oxygens (including phenoxy) is 2. The molecule has 0 atom stereocenters. The van der Waals surface area contributed by atoms with E-state index in [1.807, 2.05) is 30.3 Å². The van der Waals surface area contributed by atoms with Crippen molar-refractivity contribution in [3.63, 3.8) is 0 Å². The maximum atomic E-state index is 13.5. The molecule has 0 spiro atoms. The van der Waals surface area contributed by atoms with Crippen LogP contribution in [0.2, 0.25) is 0 Å². The quantitative estimate of drug-likeness (QED) is 0.263. The molecule has 2 fully saturated rings. The number of carbonyl (C=O) groups is 1. The van der Waals surface area contributed by atoms with E-state index in [1.54, 1.807) is 7.11 Å². The van der Waals surface area contributed by atoms with E-state index in [4.69, 9.17) is 14.5 Å². The Kier molecular flexibility index (Phi) is 7.60. The van der Waals surface area contributed by atoms with Gasteiger partial charge in [-0.25, -0.2) is 14.4 Å². The van der Waals surface area contributed by atoms with Gasteiger partial charge in [0.15, 0.2) is 0 Å². The van der Waals surface area contributed by atoms with Crippen LogP contribution >= 0.6 is 15.9 Å². The Labute approximate surface area is 221 Å². The number of piperidine rings is 2. The summed E-state index contributed by atoms with van der Waals surface area (Å²) in [5.41, 5.74) is 4.15. The first kappa shape index (κ1) is 25.2. The minimum absolute atomic E-state index is 0.319. The number of fused-ring (bicyclic) bond motifs is 1. The molecule has 7 heteroatoms. The van der Waals surface area contributed by atoms with Gasteiger partial charge >= 0.3 is 5.97 Å². The van der Waals surface area contributed by atoms with Crippen LogP contribution in [-0.2, 0) is 11.3 Å². The predicted octanol–water partition coefficient (Wildman–Crippen LogP) is 6.36. The highest BCUT2D eigenvalue weighted by Crippen LogP contribution is 2.40. The van der Waals surface area contributed by atoms with Gasteiger partial charge in [0.1, 0.15) is 12.3 Å². The Morgan fingerprint density at radius 3 is 2.33 bits per heavy atom. The van der Waals surface area contributed by atoms with Crippen molar-refractivity contribution in [1.82, 2.24) is 9.99 Å². The number of rotatable bonds is 6. The van der Waals surface area contributed by atoms with Gasteiger partial charge in [0.2, 0.25) is 0 Å². The van der Waals surface area contributed by atoms with Gasteiger partial charge in [-0.05, 0) is 60.2 Å². The average molecular weight is 554 g/mol. The Hall–Kier alpha value is -2.48. The molecule has 0 radical (unpaired) electrons. The lowest BCUT2D eigenvalue weighted by Gasteiger charge is -2.49. The van der Waals surface area contributed by atoms with Crippen LogP contribution in [0.3, 0.4) is 0 Å². The summed E-state index contributed by atoms with van der Waals surface area (Å²) in [6.07, 6.45) is 7.44. The number of nitrogens with zero attached hydrogens (tertiary/aromatic N) is 3. The molecule has 0 aliphatic carbocycles. The fraction of sp³-hybridized carbons (Fsp3) is 0.448. The first-order valence-corrected chi connectivity index (χ1v) is 13.8. The van der Waals surface area contributed by atoms with Crippen molar-refractivity contribution in [3.8, 4) is 17.0 Å². The molecule has 3 heterocycles. The fourth-order valence-corrected chi connectivity index (χ4v) is 6.63. The van der Waals surface area contributed by atoms with Crippen LogP contribution in [0.1, 0.15) is 54.4 Å². The van der Waals surface area contributed by atoms with Crippen LogP contribution in [0.4, 0.5) is 0 Å². The molecule has 2 aromatic carbocycles. The van der Waals surface area contributed by atoms with Gasteiger partial charge < -0.3 is 9.47 Å². The number of halogens is 1. The van der Waals surface area contributed by atoms with Gasteiger partial charge in [0, 0.05) is 29.6 Å².